The van der Waals surface area contributed by atoms with E-state index in [0.717, 1.165) is 16.7 Å². The van der Waals surface area contributed by atoms with Crippen LogP contribution in [-0.2, 0) is 4.84 Å². The van der Waals surface area contributed by atoms with E-state index >= 15 is 0 Å². The molecule has 0 heterocycles. The molecular formula is C25H27NO2. The molecule has 3 aromatic carbocycles. The molecule has 3 rings (SSSR count). The van der Waals surface area contributed by atoms with Gasteiger partial charge in [0.2, 0.25) is 0 Å². The molecule has 0 radical (unpaired) electrons. The Morgan fingerprint density at radius 1 is 0.786 bits per heavy atom. The summed E-state index contributed by atoms with van der Waals surface area (Å²) < 4.78 is 0. The van der Waals surface area contributed by atoms with E-state index in [1.807, 2.05) is 66.7 Å². The lowest BCUT2D eigenvalue weighted by Gasteiger charge is -2.26. The Hall–Kier alpha value is -2.75. The van der Waals surface area contributed by atoms with E-state index < -0.39 is 0 Å². The lowest BCUT2D eigenvalue weighted by Crippen LogP contribution is -2.37. The molecule has 1 N–H and O–H groups in total. The van der Waals surface area contributed by atoms with Crippen molar-refractivity contribution in [3.63, 3.8) is 0 Å². The van der Waals surface area contributed by atoms with Crippen LogP contribution in [0.4, 0.5) is 0 Å². The van der Waals surface area contributed by atoms with Gasteiger partial charge in [0.15, 0.2) is 5.78 Å². The summed E-state index contributed by atoms with van der Waals surface area (Å²) >= 11 is 0. The molecule has 0 amide bonds. The summed E-state index contributed by atoms with van der Waals surface area (Å²) in [7, 11) is 0. The smallest absolute Gasteiger partial charge is 0.164 e. The number of hydroxylamine groups is 1. The molecule has 3 aromatic rings. The zero-order chi connectivity index (χ0) is 19.8. The second kappa shape index (κ2) is 9.98. The Morgan fingerprint density at radius 2 is 1.25 bits per heavy atom. The normalized spacial score (nSPS) is 12.3. The third kappa shape index (κ3) is 5.38. The lowest BCUT2D eigenvalue weighted by molar-refractivity contribution is -0.0352. The third-order valence-electron chi connectivity index (χ3n) is 4.85. The second-order valence-electron chi connectivity index (χ2n) is 7.28. The van der Waals surface area contributed by atoms with E-state index in [2.05, 4.69) is 43.6 Å². The van der Waals surface area contributed by atoms with Gasteiger partial charge in [0.1, 0.15) is 6.10 Å². The highest BCUT2D eigenvalue weighted by Gasteiger charge is 2.22. The highest BCUT2D eigenvalue weighted by atomic mass is 16.7. The number of benzene rings is 3. The largest absolute Gasteiger partial charge is 0.294 e. The number of carbonyl (C=O) groups is 1. The summed E-state index contributed by atoms with van der Waals surface area (Å²) in [5.41, 5.74) is 6.07. The van der Waals surface area contributed by atoms with Crippen molar-refractivity contribution in [1.29, 1.82) is 0 Å². The number of Topliss-reactive ketones (excluding diaryl/α,β-unsaturated/α-hetero) is 1. The SMILES string of the molecule is CC(C)[C@H](CC(=O)c1ccccc1)NOC(c1ccccc1)c1ccccc1. The summed E-state index contributed by atoms with van der Waals surface area (Å²) in [6.45, 7) is 4.19. The molecule has 0 fully saturated rings. The van der Waals surface area contributed by atoms with E-state index in [9.17, 15) is 4.79 Å². The van der Waals surface area contributed by atoms with Crippen molar-refractivity contribution in [3.8, 4) is 0 Å². The lowest BCUT2D eigenvalue weighted by atomic mass is 9.96. The molecule has 0 bridgehead atoms. The quantitative estimate of drug-likeness (QED) is 0.392. The predicted molar refractivity (Wildman–Crippen MR) is 113 cm³/mol. The summed E-state index contributed by atoms with van der Waals surface area (Å²) in [5.74, 6) is 0.367. The first kappa shape index (κ1) is 20.0. The predicted octanol–water partition coefficient (Wildman–Crippen LogP) is 5.59. The monoisotopic (exact) mass is 373 g/mol. The first-order chi connectivity index (χ1) is 13.6. The van der Waals surface area contributed by atoms with Gasteiger partial charge >= 0.3 is 0 Å². The van der Waals surface area contributed by atoms with Crippen molar-refractivity contribution in [3.05, 3.63) is 108 Å². The van der Waals surface area contributed by atoms with Crippen molar-refractivity contribution >= 4 is 5.78 Å². The van der Waals surface area contributed by atoms with Gasteiger partial charge in [-0.3, -0.25) is 9.63 Å². The number of hydrogen-bond donors (Lipinski definition) is 1. The van der Waals surface area contributed by atoms with Gasteiger partial charge in [-0.05, 0) is 17.0 Å². The summed E-state index contributed by atoms with van der Waals surface area (Å²) in [5, 5.41) is 0. The van der Waals surface area contributed by atoms with Crippen LogP contribution < -0.4 is 5.48 Å². The molecule has 0 saturated carbocycles. The average Bonchev–Trinajstić information content (AvgIpc) is 2.75. The zero-order valence-corrected chi connectivity index (χ0v) is 16.4. The minimum atomic E-state index is -0.240. The molecule has 28 heavy (non-hydrogen) atoms. The highest BCUT2D eigenvalue weighted by molar-refractivity contribution is 5.96. The number of carbonyl (C=O) groups excluding carboxylic acids is 1. The molecule has 0 saturated heterocycles. The molecule has 3 heteroatoms. The van der Waals surface area contributed by atoms with Gasteiger partial charge in [-0.1, -0.05) is 105 Å². The van der Waals surface area contributed by atoms with Crippen LogP contribution in [0.3, 0.4) is 0 Å². The third-order valence-corrected chi connectivity index (χ3v) is 4.85. The molecule has 144 valence electrons. The van der Waals surface area contributed by atoms with Gasteiger partial charge in [0.25, 0.3) is 0 Å². The van der Waals surface area contributed by atoms with E-state index in [0.29, 0.717) is 6.42 Å². The van der Waals surface area contributed by atoms with Crippen molar-refractivity contribution in [2.45, 2.75) is 32.4 Å². The number of rotatable bonds is 9. The first-order valence-electron chi connectivity index (χ1n) is 9.74. The molecule has 0 aliphatic heterocycles. The van der Waals surface area contributed by atoms with Crippen molar-refractivity contribution in [2.75, 3.05) is 0 Å². The Labute approximate surface area is 167 Å². The van der Waals surface area contributed by atoms with E-state index in [1.165, 1.54) is 0 Å². The Morgan fingerprint density at radius 3 is 1.71 bits per heavy atom. The molecule has 0 unspecified atom stereocenters. The van der Waals surface area contributed by atoms with Gasteiger partial charge in [0, 0.05) is 18.0 Å². The van der Waals surface area contributed by atoms with E-state index in [-0.39, 0.29) is 23.8 Å². The number of ketones is 1. The number of nitrogens with one attached hydrogen (secondary N) is 1. The zero-order valence-electron chi connectivity index (χ0n) is 16.4. The second-order valence-corrected chi connectivity index (χ2v) is 7.28. The minimum Gasteiger partial charge on any atom is -0.294 e. The van der Waals surface area contributed by atoms with Gasteiger partial charge in [-0.25, -0.2) is 0 Å². The average molecular weight is 373 g/mol. The molecule has 3 nitrogen and oxygen atoms in total. The topological polar surface area (TPSA) is 38.3 Å². The van der Waals surface area contributed by atoms with Crippen molar-refractivity contribution in [1.82, 2.24) is 5.48 Å². The molecule has 0 aliphatic carbocycles. The molecular weight excluding hydrogens is 346 g/mol. The van der Waals surface area contributed by atoms with Crippen molar-refractivity contribution in [2.24, 2.45) is 5.92 Å². The van der Waals surface area contributed by atoms with Crippen LogP contribution in [-0.4, -0.2) is 11.8 Å². The maximum absolute atomic E-state index is 12.6. The van der Waals surface area contributed by atoms with E-state index in [4.69, 9.17) is 4.84 Å². The fourth-order valence-corrected chi connectivity index (χ4v) is 3.09. The van der Waals surface area contributed by atoms with Crippen LogP contribution in [0.1, 0.15) is 47.9 Å². The Kier molecular flexibility index (Phi) is 7.12. The van der Waals surface area contributed by atoms with Gasteiger partial charge in [-0.15, -0.1) is 0 Å². The first-order valence-corrected chi connectivity index (χ1v) is 9.74. The van der Waals surface area contributed by atoms with Gasteiger partial charge < -0.3 is 0 Å². The fraction of sp³-hybridized carbons (Fsp3) is 0.240. The van der Waals surface area contributed by atoms with Crippen LogP contribution in [0.2, 0.25) is 0 Å². The van der Waals surface area contributed by atoms with Crippen LogP contribution >= 0.6 is 0 Å². The summed E-state index contributed by atoms with van der Waals surface area (Å²) in [4.78, 5) is 18.8. The van der Waals surface area contributed by atoms with Gasteiger partial charge in [-0.2, -0.15) is 5.48 Å². The van der Waals surface area contributed by atoms with Crippen LogP contribution in [0, 0.1) is 5.92 Å². The number of hydrogen-bond acceptors (Lipinski definition) is 3. The minimum absolute atomic E-state index is 0.0809. The molecule has 1 atom stereocenters. The molecule has 0 aromatic heterocycles. The van der Waals surface area contributed by atoms with Crippen LogP contribution in [0.25, 0.3) is 0 Å². The molecule has 0 aliphatic rings. The van der Waals surface area contributed by atoms with Gasteiger partial charge in [0.05, 0.1) is 0 Å². The standard InChI is InChI=1S/C25H27NO2/c1-19(2)23(18-24(27)20-12-6-3-7-13-20)26-28-25(21-14-8-4-9-15-21)22-16-10-5-11-17-22/h3-17,19,23,25-26H,18H2,1-2H3/t23-/m0/s1. The van der Waals surface area contributed by atoms with Crippen LogP contribution in [0.5, 0.6) is 0 Å². The Bertz CT molecular complexity index is 808. The highest BCUT2D eigenvalue weighted by Crippen LogP contribution is 2.25. The van der Waals surface area contributed by atoms with Crippen molar-refractivity contribution < 1.29 is 9.63 Å². The fourth-order valence-electron chi connectivity index (χ4n) is 3.09. The molecule has 0 spiro atoms. The van der Waals surface area contributed by atoms with Crippen LogP contribution in [0.15, 0.2) is 91.0 Å². The maximum atomic E-state index is 12.6. The summed E-state index contributed by atoms with van der Waals surface area (Å²) in [6, 6.07) is 29.6. The summed E-state index contributed by atoms with van der Waals surface area (Å²) in [6.07, 6.45) is 0.147. The Balaban J connectivity index is 1.73. The van der Waals surface area contributed by atoms with E-state index in [1.54, 1.807) is 0 Å². The maximum Gasteiger partial charge on any atom is 0.164 e.